The largest absolute Gasteiger partial charge is 0.493 e. The molecule has 29 heavy (non-hydrogen) atoms. The van der Waals surface area contributed by atoms with E-state index in [1.54, 1.807) is 19.9 Å². The normalized spacial score (nSPS) is 11.7. The summed E-state index contributed by atoms with van der Waals surface area (Å²) >= 11 is 0. The highest BCUT2D eigenvalue weighted by atomic mass is 19.4. The van der Waals surface area contributed by atoms with Crippen molar-refractivity contribution < 1.29 is 32.2 Å². The molecule has 158 valence electrons. The first kappa shape index (κ1) is 22.4. The molecule has 1 amide bonds. The predicted molar refractivity (Wildman–Crippen MR) is 103 cm³/mol. The SMILES string of the molecule is COc1cc(C(=O)NCC(C)(C)c2cccc(C(F)(F)F)c2)cc(OC)c1OC. The van der Waals surface area contributed by atoms with E-state index >= 15 is 0 Å². The number of hydrogen-bond donors (Lipinski definition) is 1. The third-order valence-corrected chi connectivity index (χ3v) is 4.59. The Balaban J connectivity index is 2.22. The molecule has 2 rings (SSSR count). The highest BCUT2D eigenvalue weighted by molar-refractivity contribution is 5.95. The quantitative estimate of drug-likeness (QED) is 0.732. The molecule has 0 heterocycles. The molecule has 0 fully saturated rings. The zero-order valence-corrected chi connectivity index (χ0v) is 16.9. The van der Waals surface area contributed by atoms with Crippen LogP contribution in [0.5, 0.6) is 17.2 Å². The molecule has 0 saturated heterocycles. The van der Waals surface area contributed by atoms with Crippen LogP contribution in [0.15, 0.2) is 36.4 Å². The maximum absolute atomic E-state index is 13.0. The van der Waals surface area contributed by atoms with E-state index in [4.69, 9.17) is 14.2 Å². The van der Waals surface area contributed by atoms with E-state index in [2.05, 4.69) is 5.32 Å². The van der Waals surface area contributed by atoms with E-state index in [0.717, 1.165) is 12.1 Å². The van der Waals surface area contributed by atoms with Gasteiger partial charge in [-0.3, -0.25) is 4.79 Å². The molecule has 0 aliphatic heterocycles. The third kappa shape index (κ3) is 5.13. The van der Waals surface area contributed by atoms with Crippen LogP contribution in [0.25, 0.3) is 0 Å². The van der Waals surface area contributed by atoms with Gasteiger partial charge in [-0.25, -0.2) is 0 Å². The molecule has 5 nitrogen and oxygen atoms in total. The van der Waals surface area contributed by atoms with Gasteiger partial charge in [0.15, 0.2) is 11.5 Å². The van der Waals surface area contributed by atoms with Crippen molar-refractivity contribution in [2.45, 2.75) is 25.4 Å². The van der Waals surface area contributed by atoms with Crippen LogP contribution in [0.2, 0.25) is 0 Å². The lowest BCUT2D eigenvalue weighted by Gasteiger charge is -2.26. The van der Waals surface area contributed by atoms with E-state index < -0.39 is 23.1 Å². The predicted octanol–water partition coefficient (Wildman–Crippen LogP) is 4.44. The van der Waals surface area contributed by atoms with Crippen LogP contribution in [-0.4, -0.2) is 33.8 Å². The zero-order chi connectivity index (χ0) is 21.8. The first-order chi connectivity index (χ1) is 13.5. The molecule has 0 saturated carbocycles. The second kappa shape index (κ2) is 8.63. The van der Waals surface area contributed by atoms with Gasteiger partial charge in [0.25, 0.3) is 5.91 Å². The van der Waals surface area contributed by atoms with Gasteiger partial charge in [0.05, 0.1) is 26.9 Å². The monoisotopic (exact) mass is 411 g/mol. The highest BCUT2D eigenvalue weighted by Crippen LogP contribution is 2.38. The van der Waals surface area contributed by atoms with Gasteiger partial charge in [-0.2, -0.15) is 13.2 Å². The number of methoxy groups -OCH3 is 3. The van der Waals surface area contributed by atoms with Gasteiger partial charge < -0.3 is 19.5 Å². The van der Waals surface area contributed by atoms with E-state index in [9.17, 15) is 18.0 Å². The van der Waals surface area contributed by atoms with Gasteiger partial charge in [-0.15, -0.1) is 0 Å². The van der Waals surface area contributed by atoms with Crippen molar-refractivity contribution in [3.05, 3.63) is 53.1 Å². The minimum atomic E-state index is -4.43. The number of nitrogens with one attached hydrogen (secondary N) is 1. The van der Waals surface area contributed by atoms with Crippen LogP contribution in [0.3, 0.4) is 0 Å². The number of hydrogen-bond acceptors (Lipinski definition) is 4. The molecule has 0 unspecified atom stereocenters. The number of ether oxygens (including phenoxy) is 3. The molecule has 8 heteroatoms. The summed E-state index contributed by atoms with van der Waals surface area (Å²) in [7, 11) is 4.34. The summed E-state index contributed by atoms with van der Waals surface area (Å²) in [4.78, 5) is 12.6. The molecule has 0 spiro atoms. The Labute approximate surface area is 167 Å². The van der Waals surface area contributed by atoms with Crippen molar-refractivity contribution in [3.63, 3.8) is 0 Å². The Kier molecular flexibility index (Phi) is 6.66. The van der Waals surface area contributed by atoms with Crippen molar-refractivity contribution in [2.75, 3.05) is 27.9 Å². The zero-order valence-electron chi connectivity index (χ0n) is 16.9. The summed E-state index contributed by atoms with van der Waals surface area (Å²) in [6.45, 7) is 3.65. The van der Waals surface area contributed by atoms with Crippen molar-refractivity contribution in [1.82, 2.24) is 5.32 Å². The van der Waals surface area contributed by atoms with Gasteiger partial charge in [0.2, 0.25) is 5.75 Å². The number of rotatable bonds is 7. The molecule has 0 atom stereocenters. The van der Waals surface area contributed by atoms with Crippen molar-refractivity contribution in [3.8, 4) is 17.2 Å². The number of carbonyl (C=O) groups excluding carboxylic acids is 1. The number of amides is 1. The minimum Gasteiger partial charge on any atom is -0.493 e. The van der Waals surface area contributed by atoms with E-state index in [1.165, 1.54) is 39.5 Å². The first-order valence-corrected chi connectivity index (χ1v) is 8.79. The molecule has 0 radical (unpaired) electrons. The second-order valence-corrected chi connectivity index (χ2v) is 7.06. The van der Waals surface area contributed by atoms with Gasteiger partial charge in [0.1, 0.15) is 0 Å². The van der Waals surface area contributed by atoms with Crippen molar-refractivity contribution in [1.29, 1.82) is 0 Å². The van der Waals surface area contributed by atoms with Gasteiger partial charge in [-0.1, -0.05) is 32.0 Å². The Morgan fingerprint density at radius 1 is 0.931 bits per heavy atom. The Morgan fingerprint density at radius 3 is 1.97 bits per heavy atom. The maximum atomic E-state index is 13.0. The Bertz CT molecular complexity index is 853. The number of benzene rings is 2. The van der Waals surface area contributed by atoms with E-state index in [0.29, 0.717) is 22.8 Å². The molecule has 0 aliphatic rings. The smallest absolute Gasteiger partial charge is 0.416 e. The van der Waals surface area contributed by atoms with Crippen molar-refractivity contribution in [2.24, 2.45) is 0 Å². The number of carbonyl (C=O) groups is 1. The topological polar surface area (TPSA) is 56.8 Å². The van der Waals surface area contributed by atoms with Crippen LogP contribution < -0.4 is 19.5 Å². The van der Waals surface area contributed by atoms with Gasteiger partial charge in [0, 0.05) is 17.5 Å². The number of alkyl halides is 3. The van der Waals surface area contributed by atoms with Crippen LogP contribution in [0, 0.1) is 0 Å². The van der Waals surface area contributed by atoms with Crippen LogP contribution in [0.4, 0.5) is 13.2 Å². The maximum Gasteiger partial charge on any atom is 0.416 e. The van der Waals surface area contributed by atoms with E-state index in [-0.39, 0.29) is 12.1 Å². The highest BCUT2D eigenvalue weighted by Gasteiger charge is 2.32. The molecule has 0 aromatic heterocycles. The van der Waals surface area contributed by atoms with Crippen LogP contribution in [0.1, 0.15) is 35.3 Å². The minimum absolute atomic E-state index is 0.129. The molecule has 1 N–H and O–H groups in total. The third-order valence-electron chi connectivity index (χ3n) is 4.59. The van der Waals surface area contributed by atoms with Crippen molar-refractivity contribution >= 4 is 5.91 Å². The lowest BCUT2D eigenvalue weighted by molar-refractivity contribution is -0.137. The Hall–Kier alpha value is -2.90. The van der Waals surface area contributed by atoms with Gasteiger partial charge >= 0.3 is 6.18 Å². The lowest BCUT2D eigenvalue weighted by Crippen LogP contribution is -2.36. The molecular weight excluding hydrogens is 387 g/mol. The summed E-state index contributed by atoms with van der Waals surface area (Å²) in [5.74, 6) is 0.600. The summed E-state index contributed by atoms with van der Waals surface area (Å²) in [6, 6.07) is 8.11. The average Bonchev–Trinajstić information content (AvgIpc) is 2.70. The molecule has 2 aromatic rings. The standard InChI is InChI=1S/C21H24F3NO4/c1-20(2,14-7-6-8-15(11-14)21(22,23)24)12-25-19(26)13-9-16(27-3)18(29-5)17(10-13)28-4/h6-11H,12H2,1-5H3,(H,25,26). The second-order valence-electron chi connectivity index (χ2n) is 7.06. The lowest BCUT2D eigenvalue weighted by atomic mass is 9.83. The Morgan fingerprint density at radius 2 is 1.48 bits per heavy atom. The fraction of sp³-hybridized carbons (Fsp3) is 0.381. The molecule has 0 aliphatic carbocycles. The molecule has 0 bridgehead atoms. The van der Waals surface area contributed by atoms with Crippen LogP contribution in [-0.2, 0) is 11.6 Å². The summed E-state index contributed by atoms with van der Waals surface area (Å²) in [5, 5.41) is 2.76. The summed E-state index contributed by atoms with van der Waals surface area (Å²) in [6.07, 6.45) is -4.43. The van der Waals surface area contributed by atoms with Crippen LogP contribution >= 0.6 is 0 Å². The fourth-order valence-corrected chi connectivity index (χ4v) is 2.83. The van der Waals surface area contributed by atoms with E-state index in [1.807, 2.05) is 0 Å². The fourth-order valence-electron chi connectivity index (χ4n) is 2.83. The summed E-state index contributed by atoms with van der Waals surface area (Å²) in [5.41, 5.74) is -0.701. The van der Waals surface area contributed by atoms with Gasteiger partial charge in [-0.05, 0) is 23.8 Å². The average molecular weight is 411 g/mol. The molecule has 2 aromatic carbocycles. The summed E-state index contributed by atoms with van der Waals surface area (Å²) < 4.78 is 54.7. The first-order valence-electron chi connectivity index (χ1n) is 8.79. The molecular formula is C21H24F3NO4. The number of halogens is 3.